The maximum absolute atomic E-state index is 12.4. The molecule has 1 unspecified atom stereocenters. The summed E-state index contributed by atoms with van der Waals surface area (Å²) in [6.45, 7) is 3.84. The number of aromatic nitrogens is 1. The van der Waals surface area contributed by atoms with E-state index in [2.05, 4.69) is 15.0 Å². The summed E-state index contributed by atoms with van der Waals surface area (Å²) in [6.07, 6.45) is 5.21. The van der Waals surface area contributed by atoms with Gasteiger partial charge in [-0.15, -0.1) is 0 Å². The summed E-state index contributed by atoms with van der Waals surface area (Å²) in [5, 5.41) is 3.12. The van der Waals surface area contributed by atoms with Crippen molar-refractivity contribution in [3.05, 3.63) is 24.0 Å². The second kappa shape index (κ2) is 6.51. The molecule has 7 heteroatoms. The lowest BCUT2D eigenvalue weighted by Crippen LogP contribution is -2.44. The Morgan fingerprint density at radius 1 is 1.50 bits per heavy atom. The smallest absolute Gasteiger partial charge is 0.301 e. The van der Waals surface area contributed by atoms with Crippen LogP contribution in [0, 0.1) is 12.8 Å². The van der Waals surface area contributed by atoms with E-state index in [0.29, 0.717) is 24.7 Å². The number of nitrogens with one attached hydrogen (secondary N) is 2. The highest BCUT2D eigenvalue weighted by Crippen LogP contribution is 2.21. The van der Waals surface area contributed by atoms with Gasteiger partial charge in [-0.3, -0.25) is 9.71 Å². The highest BCUT2D eigenvalue weighted by Gasteiger charge is 2.28. The first-order valence-corrected chi connectivity index (χ1v) is 8.30. The Labute approximate surface area is 120 Å². The molecule has 0 radical (unpaired) electrons. The molecule has 1 saturated heterocycles. The molecule has 2 rings (SSSR count). The molecule has 112 valence electrons. The van der Waals surface area contributed by atoms with Crippen LogP contribution in [0.15, 0.2) is 18.5 Å². The largest absolute Gasteiger partial charge is 0.319 e. The molecule has 0 aliphatic carbocycles. The Morgan fingerprint density at radius 2 is 2.30 bits per heavy atom. The summed E-state index contributed by atoms with van der Waals surface area (Å²) < 4.78 is 29.1. The van der Waals surface area contributed by atoms with Crippen LogP contribution in [0.1, 0.15) is 18.4 Å². The number of hydrogen-bond donors (Lipinski definition) is 2. The lowest BCUT2D eigenvalue weighted by atomic mass is 10.00. The van der Waals surface area contributed by atoms with Gasteiger partial charge in [0.05, 0.1) is 5.69 Å². The molecule has 0 bridgehead atoms. The molecule has 0 amide bonds. The number of piperidine rings is 1. The third-order valence-corrected chi connectivity index (χ3v) is 5.06. The first-order valence-electron chi connectivity index (χ1n) is 6.86. The van der Waals surface area contributed by atoms with E-state index in [4.69, 9.17) is 0 Å². The van der Waals surface area contributed by atoms with Crippen molar-refractivity contribution in [2.24, 2.45) is 5.92 Å². The van der Waals surface area contributed by atoms with Crippen LogP contribution < -0.4 is 10.0 Å². The average Bonchev–Trinajstić information content (AvgIpc) is 2.42. The van der Waals surface area contributed by atoms with E-state index < -0.39 is 10.2 Å². The van der Waals surface area contributed by atoms with Crippen molar-refractivity contribution in [2.45, 2.75) is 19.8 Å². The molecule has 1 fully saturated rings. The average molecular weight is 298 g/mol. The molecular formula is C13H22N4O2S. The third kappa shape index (κ3) is 3.68. The van der Waals surface area contributed by atoms with Crippen LogP contribution in [-0.4, -0.2) is 44.4 Å². The predicted octanol–water partition coefficient (Wildman–Crippen LogP) is 0.978. The lowest BCUT2D eigenvalue weighted by molar-refractivity contribution is 0.264. The van der Waals surface area contributed by atoms with Crippen LogP contribution in [0.4, 0.5) is 5.69 Å². The molecule has 6 nitrogen and oxygen atoms in total. The quantitative estimate of drug-likeness (QED) is 0.850. The molecule has 0 aromatic carbocycles. The van der Waals surface area contributed by atoms with E-state index >= 15 is 0 Å². The zero-order valence-electron chi connectivity index (χ0n) is 12.0. The number of pyridine rings is 1. The fraction of sp³-hybridized carbons (Fsp3) is 0.615. The van der Waals surface area contributed by atoms with Crippen molar-refractivity contribution < 1.29 is 8.42 Å². The molecule has 0 spiro atoms. The highest BCUT2D eigenvalue weighted by atomic mass is 32.2. The fourth-order valence-electron chi connectivity index (χ4n) is 2.49. The Kier molecular flexibility index (Phi) is 4.95. The number of hydrogen-bond acceptors (Lipinski definition) is 4. The number of anilines is 1. The summed E-state index contributed by atoms with van der Waals surface area (Å²) in [4.78, 5) is 3.97. The van der Waals surface area contributed by atoms with Gasteiger partial charge in [0, 0.05) is 25.5 Å². The van der Waals surface area contributed by atoms with Gasteiger partial charge in [0.15, 0.2) is 0 Å². The second-order valence-corrected chi connectivity index (χ2v) is 6.89. The molecule has 2 N–H and O–H groups in total. The Balaban J connectivity index is 2.08. The number of rotatable bonds is 5. The molecule has 0 saturated carbocycles. The summed E-state index contributed by atoms with van der Waals surface area (Å²) in [7, 11) is -1.59. The maximum Gasteiger partial charge on any atom is 0.301 e. The van der Waals surface area contributed by atoms with Gasteiger partial charge < -0.3 is 5.32 Å². The zero-order chi connectivity index (χ0) is 14.6. The molecule has 1 aliphatic rings. The van der Waals surface area contributed by atoms with E-state index in [1.54, 1.807) is 22.8 Å². The minimum Gasteiger partial charge on any atom is -0.319 e. The van der Waals surface area contributed by atoms with Gasteiger partial charge in [-0.1, -0.05) is 0 Å². The van der Waals surface area contributed by atoms with Gasteiger partial charge >= 0.3 is 10.2 Å². The maximum atomic E-state index is 12.4. The SMILES string of the molecule is CNCC1CCCN(S(=O)(=O)Nc2ccncc2C)C1. The van der Waals surface area contributed by atoms with Gasteiger partial charge in [0.1, 0.15) is 0 Å². The molecular weight excluding hydrogens is 276 g/mol. The number of nitrogens with zero attached hydrogens (tertiary/aromatic N) is 2. The summed E-state index contributed by atoms with van der Waals surface area (Å²) >= 11 is 0. The zero-order valence-corrected chi connectivity index (χ0v) is 12.8. The van der Waals surface area contributed by atoms with Crippen LogP contribution >= 0.6 is 0 Å². The van der Waals surface area contributed by atoms with Gasteiger partial charge in [0.2, 0.25) is 0 Å². The van der Waals surface area contributed by atoms with Crippen LogP contribution in [-0.2, 0) is 10.2 Å². The molecule has 1 aliphatic heterocycles. The third-order valence-electron chi connectivity index (χ3n) is 3.57. The van der Waals surface area contributed by atoms with E-state index in [1.807, 2.05) is 14.0 Å². The van der Waals surface area contributed by atoms with Gasteiger partial charge in [-0.2, -0.15) is 12.7 Å². The van der Waals surface area contributed by atoms with E-state index in [1.165, 1.54) is 0 Å². The van der Waals surface area contributed by atoms with Crippen molar-refractivity contribution in [1.29, 1.82) is 0 Å². The summed E-state index contributed by atoms with van der Waals surface area (Å²) in [5.41, 5.74) is 1.41. The Bertz CT molecular complexity index is 545. The molecule has 20 heavy (non-hydrogen) atoms. The van der Waals surface area contributed by atoms with Gasteiger partial charge in [0.25, 0.3) is 0 Å². The van der Waals surface area contributed by atoms with Crippen LogP contribution in [0.2, 0.25) is 0 Å². The highest BCUT2D eigenvalue weighted by molar-refractivity contribution is 7.90. The second-order valence-electron chi connectivity index (χ2n) is 5.22. The van der Waals surface area contributed by atoms with Crippen molar-refractivity contribution in [2.75, 3.05) is 31.4 Å². The minimum atomic E-state index is -3.48. The van der Waals surface area contributed by atoms with Crippen molar-refractivity contribution in [3.63, 3.8) is 0 Å². The Hall–Kier alpha value is -1.18. The topological polar surface area (TPSA) is 74.3 Å². The molecule has 1 atom stereocenters. The fourth-order valence-corrected chi connectivity index (χ4v) is 3.90. The van der Waals surface area contributed by atoms with E-state index in [-0.39, 0.29) is 0 Å². The van der Waals surface area contributed by atoms with Crippen LogP contribution in [0.3, 0.4) is 0 Å². The molecule has 1 aromatic heterocycles. The standard InChI is InChI=1S/C13H22N4O2S/c1-11-8-15-6-5-13(11)16-20(18,19)17-7-3-4-12(10-17)9-14-2/h5-6,8,12,14H,3-4,7,9-10H2,1-2H3,(H,15,16). The first kappa shape index (κ1) is 15.2. The first-order chi connectivity index (χ1) is 9.53. The molecule has 1 aromatic rings. The monoisotopic (exact) mass is 298 g/mol. The van der Waals surface area contributed by atoms with Crippen molar-refractivity contribution in [3.8, 4) is 0 Å². The normalized spacial score (nSPS) is 20.8. The van der Waals surface area contributed by atoms with E-state index in [0.717, 1.165) is 24.9 Å². The van der Waals surface area contributed by atoms with Gasteiger partial charge in [-0.25, -0.2) is 0 Å². The lowest BCUT2D eigenvalue weighted by Gasteiger charge is -2.32. The summed E-state index contributed by atoms with van der Waals surface area (Å²) in [5.74, 6) is 0.379. The van der Waals surface area contributed by atoms with Crippen LogP contribution in [0.25, 0.3) is 0 Å². The minimum absolute atomic E-state index is 0.379. The van der Waals surface area contributed by atoms with Gasteiger partial charge in [-0.05, 0) is 50.9 Å². The summed E-state index contributed by atoms with van der Waals surface area (Å²) in [6, 6.07) is 1.68. The predicted molar refractivity (Wildman–Crippen MR) is 79.7 cm³/mol. The number of aryl methyl sites for hydroxylation is 1. The van der Waals surface area contributed by atoms with Crippen LogP contribution in [0.5, 0.6) is 0 Å². The van der Waals surface area contributed by atoms with Crippen molar-refractivity contribution >= 4 is 15.9 Å². The van der Waals surface area contributed by atoms with Crippen molar-refractivity contribution in [1.82, 2.24) is 14.6 Å². The Morgan fingerprint density at radius 3 is 3.00 bits per heavy atom. The molecule has 2 heterocycles. The van der Waals surface area contributed by atoms with E-state index in [9.17, 15) is 8.42 Å².